The van der Waals surface area contributed by atoms with Gasteiger partial charge in [0.2, 0.25) is 10.0 Å². The van der Waals surface area contributed by atoms with Gasteiger partial charge in [-0.25, -0.2) is 17.9 Å². The maximum absolute atomic E-state index is 12.8. The predicted molar refractivity (Wildman–Crippen MR) is 92.6 cm³/mol. The third-order valence-corrected chi connectivity index (χ3v) is 6.04. The second-order valence-electron chi connectivity index (χ2n) is 6.31. The van der Waals surface area contributed by atoms with Crippen LogP contribution in [0.25, 0.3) is 0 Å². The van der Waals surface area contributed by atoms with Gasteiger partial charge >= 0.3 is 6.09 Å². The molecule has 1 aliphatic rings. The maximum atomic E-state index is 12.8. The maximum Gasteiger partial charge on any atom is 0.409 e. The Labute approximate surface area is 144 Å². The number of piperidine rings is 1. The van der Waals surface area contributed by atoms with Crippen molar-refractivity contribution in [1.29, 1.82) is 0 Å². The van der Waals surface area contributed by atoms with Crippen LogP contribution in [0, 0.1) is 20.8 Å². The van der Waals surface area contributed by atoms with Crippen LogP contribution in [-0.4, -0.2) is 45.1 Å². The molecule has 1 aromatic carbocycles. The third kappa shape index (κ3) is 4.27. The zero-order chi connectivity index (χ0) is 17.9. The standard InChI is InChI=1S/C17H26N2O4S/c1-5-23-17(20)19-8-6-15(7-9-19)18-24(21,22)16-13(3)10-12(2)11-14(16)4/h10-11,15,18H,5-9H2,1-4H3. The van der Waals surface area contributed by atoms with Crippen LogP contribution in [0.15, 0.2) is 17.0 Å². The Balaban J connectivity index is 2.06. The number of nitrogens with one attached hydrogen (secondary N) is 1. The van der Waals surface area contributed by atoms with Gasteiger partial charge < -0.3 is 9.64 Å². The summed E-state index contributed by atoms with van der Waals surface area (Å²) < 4.78 is 33.3. The number of aryl methyl sites for hydroxylation is 3. The van der Waals surface area contributed by atoms with Gasteiger partial charge in [0.05, 0.1) is 11.5 Å². The predicted octanol–water partition coefficient (Wildman–Crippen LogP) is 2.51. The average Bonchev–Trinajstić information content (AvgIpc) is 2.46. The summed E-state index contributed by atoms with van der Waals surface area (Å²) in [6, 6.07) is 3.59. The summed E-state index contributed by atoms with van der Waals surface area (Å²) in [4.78, 5) is 13.7. The fourth-order valence-electron chi connectivity index (χ4n) is 3.26. The number of carbonyl (C=O) groups is 1. The van der Waals surface area contributed by atoms with Crippen molar-refractivity contribution in [3.63, 3.8) is 0 Å². The molecule has 1 fully saturated rings. The Morgan fingerprint density at radius 1 is 1.21 bits per heavy atom. The van der Waals surface area contributed by atoms with Crippen molar-refractivity contribution in [2.24, 2.45) is 0 Å². The van der Waals surface area contributed by atoms with Crippen molar-refractivity contribution >= 4 is 16.1 Å². The van der Waals surface area contributed by atoms with Crippen LogP contribution in [0.5, 0.6) is 0 Å². The second kappa shape index (κ2) is 7.53. The second-order valence-corrected chi connectivity index (χ2v) is 7.96. The van der Waals surface area contributed by atoms with Crippen molar-refractivity contribution in [3.05, 3.63) is 28.8 Å². The lowest BCUT2D eigenvalue weighted by Crippen LogP contribution is -2.46. The van der Waals surface area contributed by atoms with Crippen molar-refractivity contribution < 1.29 is 17.9 Å². The molecule has 6 nitrogen and oxygen atoms in total. The van der Waals surface area contributed by atoms with E-state index in [4.69, 9.17) is 4.74 Å². The summed E-state index contributed by atoms with van der Waals surface area (Å²) in [5.41, 5.74) is 2.56. The Bertz CT molecular complexity index is 684. The molecule has 0 aromatic heterocycles. The number of rotatable bonds is 4. The average molecular weight is 354 g/mol. The number of hydrogen-bond donors (Lipinski definition) is 1. The molecule has 1 saturated heterocycles. The quantitative estimate of drug-likeness (QED) is 0.901. The number of amides is 1. The molecule has 0 saturated carbocycles. The van der Waals surface area contributed by atoms with Gasteiger partial charge in [-0.1, -0.05) is 17.7 Å². The van der Waals surface area contributed by atoms with E-state index >= 15 is 0 Å². The van der Waals surface area contributed by atoms with Crippen LogP contribution in [0.4, 0.5) is 4.79 Å². The lowest BCUT2D eigenvalue weighted by atomic mass is 10.1. The summed E-state index contributed by atoms with van der Waals surface area (Å²) in [7, 11) is -3.57. The Kier molecular flexibility index (Phi) is 5.87. The van der Waals surface area contributed by atoms with Crippen LogP contribution in [0.2, 0.25) is 0 Å². The summed E-state index contributed by atoms with van der Waals surface area (Å²) >= 11 is 0. The molecule has 0 bridgehead atoms. The first kappa shape index (κ1) is 18.7. The highest BCUT2D eigenvalue weighted by Gasteiger charge is 2.28. The van der Waals surface area contributed by atoms with E-state index in [1.165, 1.54) is 0 Å². The molecule has 0 spiro atoms. The van der Waals surface area contributed by atoms with Crippen LogP contribution in [-0.2, 0) is 14.8 Å². The largest absolute Gasteiger partial charge is 0.450 e. The molecule has 0 aliphatic carbocycles. The van der Waals surface area contributed by atoms with Gasteiger partial charge in [0, 0.05) is 19.1 Å². The van der Waals surface area contributed by atoms with E-state index in [1.807, 2.05) is 32.9 Å². The molecular formula is C17H26N2O4S. The van der Waals surface area contributed by atoms with Crippen molar-refractivity contribution in [2.45, 2.75) is 51.5 Å². The minimum Gasteiger partial charge on any atom is -0.450 e. The molecule has 1 N–H and O–H groups in total. The number of carbonyl (C=O) groups excluding carboxylic acids is 1. The number of nitrogens with zero attached hydrogens (tertiary/aromatic N) is 1. The summed E-state index contributed by atoms with van der Waals surface area (Å²) in [6.45, 7) is 8.70. The Morgan fingerprint density at radius 2 is 1.75 bits per heavy atom. The normalized spacial score (nSPS) is 16.2. The zero-order valence-electron chi connectivity index (χ0n) is 14.8. The van der Waals surface area contributed by atoms with E-state index in [-0.39, 0.29) is 12.1 Å². The Hall–Kier alpha value is -1.60. The monoisotopic (exact) mass is 354 g/mol. The number of ether oxygens (including phenoxy) is 1. The minimum absolute atomic E-state index is 0.166. The molecule has 7 heteroatoms. The highest BCUT2D eigenvalue weighted by atomic mass is 32.2. The first-order chi connectivity index (χ1) is 11.2. The molecule has 0 atom stereocenters. The number of hydrogen-bond acceptors (Lipinski definition) is 4. The number of likely N-dealkylation sites (tertiary alicyclic amines) is 1. The van der Waals surface area contributed by atoms with Gasteiger partial charge in [0.1, 0.15) is 0 Å². The van der Waals surface area contributed by atoms with Crippen LogP contribution >= 0.6 is 0 Å². The SMILES string of the molecule is CCOC(=O)N1CCC(NS(=O)(=O)c2c(C)cc(C)cc2C)CC1. The smallest absolute Gasteiger partial charge is 0.409 e. The molecule has 1 aromatic rings. The summed E-state index contributed by atoms with van der Waals surface area (Å²) in [6.07, 6.45) is 0.841. The highest BCUT2D eigenvalue weighted by Crippen LogP contribution is 2.23. The molecule has 24 heavy (non-hydrogen) atoms. The Morgan fingerprint density at radius 3 is 2.25 bits per heavy atom. The highest BCUT2D eigenvalue weighted by molar-refractivity contribution is 7.89. The van der Waals surface area contributed by atoms with E-state index in [9.17, 15) is 13.2 Å². The molecule has 2 rings (SSSR count). The van der Waals surface area contributed by atoms with Crippen LogP contribution in [0.1, 0.15) is 36.5 Å². The van der Waals surface area contributed by atoms with Gasteiger partial charge in [-0.05, 0) is 51.7 Å². The van der Waals surface area contributed by atoms with E-state index in [0.717, 1.165) is 16.7 Å². The van der Waals surface area contributed by atoms with Gasteiger partial charge in [-0.2, -0.15) is 0 Å². The van der Waals surface area contributed by atoms with E-state index < -0.39 is 10.0 Å². The van der Waals surface area contributed by atoms with Gasteiger partial charge in [0.15, 0.2) is 0 Å². The van der Waals surface area contributed by atoms with E-state index in [0.29, 0.717) is 37.4 Å². The summed E-state index contributed by atoms with van der Waals surface area (Å²) in [5, 5.41) is 0. The van der Waals surface area contributed by atoms with Gasteiger partial charge in [0.25, 0.3) is 0 Å². The molecule has 1 heterocycles. The van der Waals surface area contributed by atoms with Crippen LogP contribution < -0.4 is 4.72 Å². The fourth-order valence-corrected chi connectivity index (χ4v) is 5.02. The number of sulfonamides is 1. The summed E-state index contributed by atoms with van der Waals surface area (Å²) in [5.74, 6) is 0. The minimum atomic E-state index is -3.57. The lowest BCUT2D eigenvalue weighted by Gasteiger charge is -2.31. The van der Waals surface area contributed by atoms with E-state index in [2.05, 4.69) is 4.72 Å². The van der Waals surface area contributed by atoms with Gasteiger partial charge in [-0.15, -0.1) is 0 Å². The molecular weight excluding hydrogens is 328 g/mol. The van der Waals surface area contributed by atoms with Crippen molar-refractivity contribution in [2.75, 3.05) is 19.7 Å². The van der Waals surface area contributed by atoms with Crippen molar-refractivity contribution in [1.82, 2.24) is 9.62 Å². The van der Waals surface area contributed by atoms with E-state index in [1.54, 1.807) is 11.8 Å². The van der Waals surface area contributed by atoms with Gasteiger partial charge in [-0.3, -0.25) is 0 Å². The molecule has 1 amide bonds. The third-order valence-electron chi connectivity index (χ3n) is 4.22. The van der Waals surface area contributed by atoms with Crippen LogP contribution in [0.3, 0.4) is 0 Å². The fraction of sp³-hybridized carbons (Fsp3) is 0.588. The number of benzene rings is 1. The molecule has 1 aliphatic heterocycles. The van der Waals surface area contributed by atoms with Crippen molar-refractivity contribution in [3.8, 4) is 0 Å². The lowest BCUT2D eigenvalue weighted by molar-refractivity contribution is 0.0966. The molecule has 134 valence electrons. The first-order valence-electron chi connectivity index (χ1n) is 8.26. The molecule has 0 unspecified atom stereocenters. The molecule has 0 radical (unpaired) electrons. The topological polar surface area (TPSA) is 75.7 Å². The zero-order valence-corrected chi connectivity index (χ0v) is 15.6. The first-order valence-corrected chi connectivity index (χ1v) is 9.74.